The van der Waals surface area contributed by atoms with Crippen LogP contribution in [0, 0.1) is 16.0 Å². The third kappa shape index (κ3) is 3.24. The second kappa shape index (κ2) is 6.33. The van der Waals surface area contributed by atoms with E-state index in [1.165, 1.54) is 18.2 Å². The molecule has 1 aromatic rings. The number of carbonyl (C=O) groups is 1. The number of nitrogens with two attached hydrogens (primary N) is 1. The Bertz CT molecular complexity index is 512. The lowest BCUT2D eigenvalue weighted by atomic mass is 10.0. The first-order valence-electron chi connectivity index (χ1n) is 6.48. The summed E-state index contributed by atoms with van der Waals surface area (Å²) in [6.07, 6.45) is 1.96. The molecule has 0 spiro atoms. The standard InChI is InChI=1S/C13H17N3O4/c14-11-5-1-4-10(12(11)16(18)19)13(17)15-7-9-3-2-6-20-8-9/h1,4-5,9H,2-3,6-8,14H2,(H,15,17). The number of hydrogen-bond donors (Lipinski definition) is 2. The smallest absolute Gasteiger partial charge is 0.304 e. The molecule has 0 aliphatic carbocycles. The monoisotopic (exact) mass is 279 g/mol. The topological polar surface area (TPSA) is 107 Å². The van der Waals surface area contributed by atoms with Gasteiger partial charge in [-0.25, -0.2) is 0 Å². The fourth-order valence-electron chi connectivity index (χ4n) is 2.25. The molecule has 1 fully saturated rings. The highest BCUT2D eigenvalue weighted by molar-refractivity contribution is 6.00. The van der Waals surface area contributed by atoms with Gasteiger partial charge < -0.3 is 15.8 Å². The van der Waals surface area contributed by atoms with Gasteiger partial charge in [0.15, 0.2) is 0 Å². The SMILES string of the molecule is Nc1cccc(C(=O)NCC2CCCOC2)c1[N+](=O)[O-]. The summed E-state index contributed by atoms with van der Waals surface area (Å²) in [5, 5.41) is 13.7. The van der Waals surface area contributed by atoms with E-state index < -0.39 is 10.8 Å². The van der Waals surface area contributed by atoms with Gasteiger partial charge in [-0.2, -0.15) is 0 Å². The van der Waals surface area contributed by atoms with Gasteiger partial charge in [0.05, 0.1) is 11.5 Å². The Labute approximate surface area is 116 Å². The predicted molar refractivity (Wildman–Crippen MR) is 73.4 cm³/mol. The number of nitrogens with zero attached hydrogens (tertiary/aromatic N) is 1. The Morgan fingerprint density at radius 2 is 2.35 bits per heavy atom. The number of amides is 1. The first-order valence-corrected chi connectivity index (χ1v) is 6.48. The molecule has 0 bridgehead atoms. The Balaban J connectivity index is 2.05. The summed E-state index contributed by atoms with van der Waals surface area (Å²) in [7, 11) is 0. The van der Waals surface area contributed by atoms with Crippen LogP contribution in [0.3, 0.4) is 0 Å². The molecule has 20 heavy (non-hydrogen) atoms. The second-order valence-electron chi connectivity index (χ2n) is 4.79. The van der Waals surface area contributed by atoms with Gasteiger partial charge in [-0.3, -0.25) is 14.9 Å². The van der Waals surface area contributed by atoms with Crippen molar-refractivity contribution in [3.63, 3.8) is 0 Å². The van der Waals surface area contributed by atoms with E-state index in [2.05, 4.69) is 5.32 Å². The zero-order valence-electron chi connectivity index (χ0n) is 11.0. The summed E-state index contributed by atoms with van der Waals surface area (Å²) < 4.78 is 5.32. The van der Waals surface area contributed by atoms with Crippen LogP contribution in [0.1, 0.15) is 23.2 Å². The molecule has 1 heterocycles. The lowest BCUT2D eigenvalue weighted by Gasteiger charge is -2.22. The summed E-state index contributed by atoms with van der Waals surface area (Å²) in [4.78, 5) is 22.4. The summed E-state index contributed by atoms with van der Waals surface area (Å²) in [5.41, 5.74) is 5.20. The van der Waals surface area contributed by atoms with Crippen LogP contribution in [-0.4, -0.2) is 30.6 Å². The average molecular weight is 279 g/mol. The van der Waals surface area contributed by atoms with Crippen molar-refractivity contribution in [2.75, 3.05) is 25.5 Å². The quantitative estimate of drug-likeness (QED) is 0.491. The van der Waals surface area contributed by atoms with Gasteiger partial charge in [0, 0.05) is 13.2 Å². The third-order valence-electron chi connectivity index (χ3n) is 3.30. The maximum absolute atomic E-state index is 12.1. The number of nitrogens with one attached hydrogen (secondary N) is 1. The van der Waals surface area contributed by atoms with Gasteiger partial charge in [-0.15, -0.1) is 0 Å². The lowest BCUT2D eigenvalue weighted by molar-refractivity contribution is -0.384. The fraction of sp³-hybridized carbons (Fsp3) is 0.462. The molecular weight excluding hydrogens is 262 g/mol. The van der Waals surface area contributed by atoms with E-state index in [-0.39, 0.29) is 22.9 Å². The van der Waals surface area contributed by atoms with Crippen molar-refractivity contribution in [2.45, 2.75) is 12.8 Å². The second-order valence-corrected chi connectivity index (χ2v) is 4.79. The van der Waals surface area contributed by atoms with Gasteiger partial charge in [0.2, 0.25) is 0 Å². The maximum Gasteiger partial charge on any atom is 0.304 e. The zero-order chi connectivity index (χ0) is 14.5. The summed E-state index contributed by atoms with van der Waals surface area (Å²) in [6, 6.07) is 4.34. The minimum Gasteiger partial charge on any atom is -0.393 e. The number of ether oxygens (including phenoxy) is 1. The molecular formula is C13H17N3O4. The molecule has 108 valence electrons. The molecule has 7 heteroatoms. The van der Waals surface area contributed by atoms with Crippen LogP contribution in [0.25, 0.3) is 0 Å². The minimum absolute atomic E-state index is 0.00766. The summed E-state index contributed by atoms with van der Waals surface area (Å²) in [6.45, 7) is 1.81. The first-order chi connectivity index (χ1) is 9.59. The van der Waals surface area contributed by atoms with Crippen LogP contribution in [0.15, 0.2) is 18.2 Å². The maximum atomic E-state index is 12.1. The molecule has 1 aliphatic heterocycles. The number of nitro benzene ring substituents is 1. The minimum atomic E-state index is -0.631. The van der Waals surface area contributed by atoms with Crippen LogP contribution in [-0.2, 0) is 4.74 Å². The first kappa shape index (κ1) is 14.3. The van der Waals surface area contributed by atoms with Crippen LogP contribution in [0.4, 0.5) is 11.4 Å². The number of carbonyl (C=O) groups excluding carboxylic acids is 1. The fourth-order valence-corrected chi connectivity index (χ4v) is 2.25. The van der Waals surface area contributed by atoms with E-state index in [0.29, 0.717) is 13.2 Å². The van der Waals surface area contributed by atoms with Gasteiger partial charge in [0.1, 0.15) is 11.3 Å². The lowest BCUT2D eigenvalue weighted by Crippen LogP contribution is -2.33. The third-order valence-corrected chi connectivity index (χ3v) is 3.30. The number of anilines is 1. The highest BCUT2D eigenvalue weighted by Crippen LogP contribution is 2.25. The van der Waals surface area contributed by atoms with Crippen molar-refractivity contribution in [3.05, 3.63) is 33.9 Å². The predicted octanol–water partition coefficient (Wildman–Crippen LogP) is 1.33. The van der Waals surface area contributed by atoms with E-state index in [0.717, 1.165) is 19.4 Å². The number of para-hydroxylation sites is 1. The van der Waals surface area contributed by atoms with E-state index in [1.54, 1.807) is 0 Å². The van der Waals surface area contributed by atoms with Crippen molar-refractivity contribution in [3.8, 4) is 0 Å². The molecule has 7 nitrogen and oxygen atoms in total. The summed E-state index contributed by atoms with van der Waals surface area (Å²) >= 11 is 0. The van der Waals surface area contributed by atoms with Crippen molar-refractivity contribution in [1.82, 2.24) is 5.32 Å². The normalized spacial score (nSPS) is 18.5. The number of hydrogen-bond acceptors (Lipinski definition) is 5. The van der Waals surface area contributed by atoms with Crippen LogP contribution < -0.4 is 11.1 Å². The van der Waals surface area contributed by atoms with E-state index >= 15 is 0 Å². The van der Waals surface area contributed by atoms with E-state index in [4.69, 9.17) is 10.5 Å². The highest BCUT2D eigenvalue weighted by Gasteiger charge is 2.23. The number of nitro groups is 1. The molecule has 1 aromatic carbocycles. The van der Waals surface area contributed by atoms with Crippen molar-refractivity contribution < 1.29 is 14.5 Å². The van der Waals surface area contributed by atoms with Crippen molar-refractivity contribution in [2.24, 2.45) is 5.92 Å². The summed E-state index contributed by atoms with van der Waals surface area (Å²) in [5.74, 6) is -0.220. The number of nitrogen functional groups attached to an aromatic ring is 1. The van der Waals surface area contributed by atoms with Gasteiger partial charge in [-0.05, 0) is 30.9 Å². The van der Waals surface area contributed by atoms with Crippen molar-refractivity contribution in [1.29, 1.82) is 0 Å². The molecule has 1 unspecified atom stereocenters. The number of benzene rings is 1. The molecule has 0 radical (unpaired) electrons. The molecule has 2 rings (SSSR count). The van der Waals surface area contributed by atoms with Crippen LogP contribution in [0.2, 0.25) is 0 Å². The van der Waals surface area contributed by atoms with Gasteiger partial charge >= 0.3 is 5.69 Å². The molecule has 1 saturated heterocycles. The molecule has 0 aromatic heterocycles. The Morgan fingerprint density at radius 1 is 1.55 bits per heavy atom. The Morgan fingerprint density at radius 3 is 3.00 bits per heavy atom. The average Bonchev–Trinajstić information content (AvgIpc) is 2.45. The molecule has 1 amide bonds. The van der Waals surface area contributed by atoms with Crippen LogP contribution >= 0.6 is 0 Å². The molecule has 3 N–H and O–H groups in total. The van der Waals surface area contributed by atoms with E-state index in [9.17, 15) is 14.9 Å². The zero-order valence-corrected chi connectivity index (χ0v) is 11.0. The van der Waals surface area contributed by atoms with Crippen LogP contribution in [0.5, 0.6) is 0 Å². The molecule has 0 saturated carbocycles. The van der Waals surface area contributed by atoms with E-state index in [1.807, 2.05) is 0 Å². The van der Waals surface area contributed by atoms with Crippen molar-refractivity contribution >= 4 is 17.3 Å². The Kier molecular flexibility index (Phi) is 4.52. The Hall–Kier alpha value is -2.15. The van der Waals surface area contributed by atoms with Gasteiger partial charge in [0.25, 0.3) is 5.91 Å². The highest BCUT2D eigenvalue weighted by atomic mass is 16.6. The van der Waals surface area contributed by atoms with Gasteiger partial charge in [-0.1, -0.05) is 6.07 Å². The number of rotatable bonds is 4. The molecule has 1 aliphatic rings. The largest absolute Gasteiger partial charge is 0.393 e. The molecule has 1 atom stereocenters.